The van der Waals surface area contributed by atoms with Gasteiger partial charge in [0.15, 0.2) is 11.6 Å². The molecular formula is C23H21N5O2. The lowest BCUT2D eigenvalue weighted by atomic mass is 10.2. The highest BCUT2D eigenvalue weighted by Gasteiger charge is 2.18. The predicted molar refractivity (Wildman–Crippen MR) is 114 cm³/mol. The number of carbonyl (C=O) groups excluding carboxylic acids is 1. The largest absolute Gasteiger partial charge is 0.360 e. The maximum absolute atomic E-state index is 13.1. The fourth-order valence-corrected chi connectivity index (χ4v) is 3.02. The van der Waals surface area contributed by atoms with Gasteiger partial charge >= 0.3 is 0 Å². The van der Waals surface area contributed by atoms with Crippen molar-refractivity contribution in [2.45, 2.75) is 13.5 Å². The van der Waals surface area contributed by atoms with E-state index in [2.05, 4.69) is 20.4 Å². The molecule has 0 atom stereocenters. The first kappa shape index (κ1) is 19.3. The molecule has 0 aliphatic carbocycles. The van der Waals surface area contributed by atoms with E-state index >= 15 is 0 Å². The van der Waals surface area contributed by atoms with E-state index in [1.807, 2.05) is 60.7 Å². The minimum absolute atomic E-state index is 0.196. The van der Waals surface area contributed by atoms with Crippen LogP contribution in [0.2, 0.25) is 0 Å². The minimum atomic E-state index is -0.196. The van der Waals surface area contributed by atoms with Crippen LogP contribution in [0.4, 0.5) is 11.6 Å². The van der Waals surface area contributed by atoms with Crippen molar-refractivity contribution in [3.05, 3.63) is 89.8 Å². The van der Waals surface area contributed by atoms with Gasteiger partial charge in [0.25, 0.3) is 5.91 Å². The number of amides is 1. The monoisotopic (exact) mass is 399 g/mol. The van der Waals surface area contributed by atoms with Crippen molar-refractivity contribution >= 4 is 17.5 Å². The number of aryl methyl sites for hydroxylation is 1. The summed E-state index contributed by atoms with van der Waals surface area (Å²) < 4.78 is 5.10. The van der Waals surface area contributed by atoms with Crippen LogP contribution in [-0.2, 0) is 6.54 Å². The first-order chi connectivity index (χ1) is 14.6. The Bertz CT molecular complexity index is 1140. The second-order valence-electron chi connectivity index (χ2n) is 6.92. The molecule has 7 nitrogen and oxygen atoms in total. The number of nitrogens with zero attached hydrogens (tertiary/aromatic N) is 4. The molecule has 2 aromatic carbocycles. The van der Waals surface area contributed by atoms with Crippen LogP contribution in [0.1, 0.15) is 21.8 Å². The lowest BCUT2D eigenvalue weighted by Gasteiger charge is -2.17. The SMILES string of the molecule is Cc1cc(Nc2cc(C(=O)N(C)Cc3ccccc3)nc(-c3ccccc3)n2)no1. The van der Waals surface area contributed by atoms with Crippen molar-refractivity contribution in [2.75, 3.05) is 12.4 Å². The van der Waals surface area contributed by atoms with Crippen LogP contribution in [-0.4, -0.2) is 33.0 Å². The molecule has 0 aliphatic rings. The molecule has 2 aromatic heterocycles. The summed E-state index contributed by atoms with van der Waals surface area (Å²) in [5, 5.41) is 7.03. The Balaban J connectivity index is 1.66. The molecular weight excluding hydrogens is 378 g/mol. The van der Waals surface area contributed by atoms with Gasteiger partial charge < -0.3 is 14.7 Å². The number of benzene rings is 2. The van der Waals surface area contributed by atoms with Gasteiger partial charge in [0.1, 0.15) is 17.3 Å². The Labute approximate surface area is 174 Å². The molecule has 1 amide bonds. The fourth-order valence-electron chi connectivity index (χ4n) is 3.02. The van der Waals surface area contributed by atoms with Gasteiger partial charge in [-0.25, -0.2) is 9.97 Å². The minimum Gasteiger partial charge on any atom is -0.360 e. The number of nitrogens with one attached hydrogen (secondary N) is 1. The second-order valence-corrected chi connectivity index (χ2v) is 6.92. The first-order valence-electron chi connectivity index (χ1n) is 9.53. The zero-order chi connectivity index (χ0) is 20.9. The topological polar surface area (TPSA) is 84.2 Å². The van der Waals surface area contributed by atoms with E-state index in [4.69, 9.17) is 4.52 Å². The van der Waals surface area contributed by atoms with Crippen LogP contribution in [0.15, 0.2) is 77.3 Å². The Morgan fingerprint density at radius 2 is 1.67 bits per heavy atom. The molecule has 0 bridgehead atoms. The highest BCUT2D eigenvalue weighted by Crippen LogP contribution is 2.21. The van der Waals surface area contributed by atoms with E-state index in [1.165, 1.54) is 0 Å². The van der Waals surface area contributed by atoms with Crippen LogP contribution in [0.3, 0.4) is 0 Å². The standard InChI is InChI=1S/C23H21N5O2/c1-16-13-21(27-30-16)25-20-14-19(24-22(26-20)18-11-7-4-8-12-18)23(29)28(2)15-17-9-5-3-6-10-17/h3-14H,15H2,1-2H3,(H,24,25,26,27). The lowest BCUT2D eigenvalue weighted by Crippen LogP contribution is -2.27. The molecule has 30 heavy (non-hydrogen) atoms. The summed E-state index contributed by atoms with van der Waals surface area (Å²) in [7, 11) is 1.76. The van der Waals surface area contributed by atoms with Gasteiger partial charge in [0.05, 0.1) is 0 Å². The van der Waals surface area contributed by atoms with Gasteiger partial charge in [-0.3, -0.25) is 4.79 Å². The van der Waals surface area contributed by atoms with Crippen molar-refractivity contribution in [1.29, 1.82) is 0 Å². The number of aromatic nitrogens is 3. The van der Waals surface area contributed by atoms with Crippen molar-refractivity contribution in [3.63, 3.8) is 0 Å². The van der Waals surface area contributed by atoms with Crippen LogP contribution in [0.5, 0.6) is 0 Å². The number of anilines is 2. The Hall–Kier alpha value is -4.00. The number of hydrogen-bond donors (Lipinski definition) is 1. The molecule has 1 N–H and O–H groups in total. The second kappa shape index (κ2) is 8.57. The first-order valence-corrected chi connectivity index (χ1v) is 9.53. The molecule has 150 valence electrons. The summed E-state index contributed by atoms with van der Waals surface area (Å²) in [6.45, 7) is 2.29. The molecule has 7 heteroatoms. The van der Waals surface area contributed by atoms with Crippen LogP contribution >= 0.6 is 0 Å². The molecule has 0 saturated carbocycles. The van der Waals surface area contributed by atoms with Crippen LogP contribution in [0, 0.1) is 6.92 Å². The summed E-state index contributed by atoms with van der Waals surface area (Å²) in [4.78, 5) is 23.8. The smallest absolute Gasteiger partial charge is 0.272 e. The Morgan fingerprint density at radius 3 is 2.33 bits per heavy atom. The summed E-state index contributed by atoms with van der Waals surface area (Å²) in [6, 6.07) is 22.7. The average Bonchev–Trinajstić information content (AvgIpc) is 3.18. The molecule has 0 fully saturated rings. The summed E-state index contributed by atoms with van der Waals surface area (Å²) in [5.41, 5.74) is 2.16. The third kappa shape index (κ3) is 4.52. The fraction of sp³-hybridized carbons (Fsp3) is 0.130. The number of carbonyl (C=O) groups is 1. The van der Waals surface area contributed by atoms with Gasteiger partial charge in [-0.15, -0.1) is 0 Å². The summed E-state index contributed by atoms with van der Waals surface area (Å²) in [6.07, 6.45) is 0. The highest BCUT2D eigenvalue weighted by molar-refractivity contribution is 5.93. The van der Waals surface area contributed by atoms with Gasteiger partial charge in [0.2, 0.25) is 0 Å². The third-order valence-electron chi connectivity index (χ3n) is 4.47. The Kier molecular flexibility index (Phi) is 5.52. The lowest BCUT2D eigenvalue weighted by molar-refractivity contribution is 0.0779. The molecule has 4 rings (SSSR count). The summed E-state index contributed by atoms with van der Waals surface area (Å²) in [5.74, 6) is 1.92. The van der Waals surface area contributed by atoms with E-state index in [1.54, 1.807) is 31.0 Å². The van der Waals surface area contributed by atoms with Gasteiger partial charge in [-0.1, -0.05) is 65.8 Å². The van der Waals surface area contributed by atoms with Crippen molar-refractivity contribution in [3.8, 4) is 11.4 Å². The van der Waals surface area contributed by atoms with Crippen LogP contribution in [0.25, 0.3) is 11.4 Å². The van der Waals surface area contributed by atoms with Crippen molar-refractivity contribution in [2.24, 2.45) is 0 Å². The summed E-state index contributed by atoms with van der Waals surface area (Å²) >= 11 is 0. The van der Waals surface area contributed by atoms with E-state index in [0.717, 1.165) is 11.1 Å². The zero-order valence-corrected chi connectivity index (χ0v) is 16.7. The molecule has 2 heterocycles. The van der Waals surface area contributed by atoms with E-state index in [-0.39, 0.29) is 5.91 Å². The molecule has 0 spiro atoms. The zero-order valence-electron chi connectivity index (χ0n) is 16.7. The molecule has 0 saturated heterocycles. The van der Waals surface area contributed by atoms with Gasteiger partial charge in [-0.2, -0.15) is 0 Å². The van der Waals surface area contributed by atoms with E-state index in [0.29, 0.717) is 35.5 Å². The third-order valence-corrected chi connectivity index (χ3v) is 4.47. The number of hydrogen-bond acceptors (Lipinski definition) is 6. The van der Waals surface area contributed by atoms with E-state index in [9.17, 15) is 4.79 Å². The molecule has 0 aliphatic heterocycles. The predicted octanol–water partition coefficient (Wildman–Crippen LogP) is 4.46. The van der Waals surface area contributed by atoms with E-state index < -0.39 is 0 Å². The number of rotatable bonds is 6. The van der Waals surface area contributed by atoms with Crippen molar-refractivity contribution in [1.82, 2.24) is 20.0 Å². The maximum Gasteiger partial charge on any atom is 0.272 e. The molecule has 0 unspecified atom stereocenters. The normalized spacial score (nSPS) is 10.6. The van der Waals surface area contributed by atoms with Crippen molar-refractivity contribution < 1.29 is 9.32 Å². The van der Waals surface area contributed by atoms with Gasteiger partial charge in [-0.05, 0) is 12.5 Å². The average molecular weight is 399 g/mol. The molecule has 4 aromatic rings. The Morgan fingerprint density at radius 1 is 0.967 bits per heavy atom. The molecule has 0 radical (unpaired) electrons. The quantitative estimate of drug-likeness (QED) is 0.515. The van der Waals surface area contributed by atoms with Gasteiger partial charge in [0, 0.05) is 31.3 Å². The van der Waals surface area contributed by atoms with Crippen LogP contribution < -0.4 is 5.32 Å². The maximum atomic E-state index is 13.1. The highest BCUT2D eigenvalue weighted by atomic mass is 16.5.